The molecule has 0 aliphatic carbocycles. The number of benzene rings is 2. The first-order valence-electron chi connectivity index (χ1n) is 9.61. The number of hydrogen-bond acceptors (Lipinski definition) is 3. The van der Waals surface area contributed by atoms with Gasteiger partial charge in [0.05, 0.1) is 28.8 Å². The van der Waals surface area contributed by atoms with Crippen LogP contribution in [0.25, 0.3) is 16.9 Å². The Kier molecular flexibility index (Phi) is 5.24. The van der Waals surface area contributed by atoms with Gasteiger partial charge in [-0.15, -0.1) is 0 Å². The highest BCUT2D eigenvalue weighted by Crippen LogP contribution is 2.20. The fourth-order valence-corrected chi connectivity index (χ4v) is 3.39. The Balaban J connectivity index is 1.37. The number of carbonyl (C=O) groups excluding carboxylic acids is 1. The number of aromatic amines is 1. The Morgan fingerprint density at radius 2 is 1.83 bits per heavy atom. The first-order chi connectivity index (χ1) is 14.1. The van der Waals surface area contributed by atoms with Gasteiger partial charge < -0.3 is 5.32 Å². The van der Waals surface area contributed by atoms with E-state index in [0.29, 0.717) is 12.1 Å². The Bertz CT molecular complexity index is 1110. The number of carbonyl (C=O) groups is 1. The molecule has 0 unspecified atom stereocenters. The molecule has 1 amide bonds. The van der Waals surface area contributed by atoms with Crippen molar-refractivity contribution in [2.24, 2.45) is 0 Å². The van der Waals surface area contributed by atoms with Gasteiger partial charge in [0, 0.05) is 17.8 Å². The molecule has 2 aromatic carbocycles. The molecule has 0 aliphatic heterocycles. The van der Waals surface area contributed by atoms with Gasteiger partial charge in [0.2, 0.25) is 0 Å². The smallest absolute Gasteiger partial charge is 0.255 e. The van der Waals surface area contributed by atoms with Crippen LogP contribution in [-0.2, 0) is 6.42 Å². The van der Waals surface area contributed by atoms with Crippen molar-refractivity contribution in [1.29, 1.82) is 0 Å². The molecule has 29 heavy (non-hydrogen) atoms. The molecular weight excluding hydrogens is 362 g/mol. The number of aryl methyl sites for hydroxylation is 2. The standard InChI is InChI=1S/C23H23N5O/c1-16-14-17(2)28(27-16)20-10-8-18(9-11-20)12-13-24-23(29)21-15-25-26-22(21)19-6-4-3-5-7-19/h3-11,14-15H,12-13H2,1-2H3,(H,24,29)(H,25,26). The van der Waals surface area contributed by atoms with Gasteiger partial charge in [-0.25, -0.2) is 4.68 Å². The van der Waals surface area contributed by atoms with Crippen LogP contribution in [-0.4, -0.2) is 32.4 Å². The van der Waals surface area contributed by atoms with E-state index >= 15 is 0 Å². The largest absolute Gasteiger partial charge is 0.352 e. The summed E-state index contributed by atoms with van der Waals surface area (Å²) in [6.07, 6.45) is 2.32. The quantitative estimate of drug-likeness (QED) is 0.529. The predicted octanol–water partition coefficient (Wildman–Crippen LogP) is 3.85. The summed E-state index contributed by atoms with van der Waals surface area (Å²) in [5.74, 6) is -0.128. The van der Waals surface area contributed by atoms with Crippen LogP contribution in [0.1, 0.15) is 27.3 Å². The normalized spacial score (nSPS) is 10.8. The number of rotatable bonds is 6. The molecule has 0 bridgehead atoms. The molecule has 146 valence electrons. The highest BCUT2D eigenvalue weighted by Gasteiger charge is 2.14. The van der Waals surface area contributed by atoms with Gasteiger partial charge in [-0.05, 0) is 44.0 Å². The van der Waals surface area contributed by atoms with Crippen molar-refractivity contribution in [2.45, 2.75) is 20.3 Å². The Morgan fingerprint density at radius 3 is 2.52 bits per heavy atom. The Hall–Kier alpha value is -3.67. The molecule has 4 aromatic rings. The van der Waals surface area contributed by atoms with Crippen molar-refractivity contribution in [3.8, 4) is 16.9 Å². The lowest BCUT2D eigenvalue weighted by molar-refractivity contribution is 0.0955. The zero-order valence-electron chi connectivity index (χ0n) is 16.5. The lowest BCUT2D eigenvalue weighted by atomic mass is 10.1. The molecular formula is C23H23N5O. The second kappa shape index (κ2) is 8.14. The minimum absolute atomic E-state index is 0.128. The summed E-state index contributed by atoms with van der Waals surface area (Å²) in [5, 5.41) is 14.5. The van der Waals surface area contributed by atoms with Crippen molar-refractivity contribution < 1.29 is 4.79 Å². The van der Waals surface area contributed by atoms with E-state index in [4.69, 9.17) is 0 Å². The first kappa shape index (κ1) is 18.7. The monoisotopic (exact) mass is 385 g/mol. The minimum atomic E-state index is -0.128. The number of aromatic nitrogens is 4. The molecule has 6 nitrogen and oxygen atoms in total. The van der Waals surface area contributed by atoms with Crippen LogP contribution in [0.15, 0.2) is 66.9 Å². The number of nitrogens with zero attached hydrogens (tertiary/aromatic N) is 3. The van der Waals surface area contributed by atoms with Crippen molar-refractivity contribution in [1.82, 2.24) is 25.3 Å². The van der Waals surface area contributed by atoms with Crippen LogP contribution >= 0.6 is 0 Å². The van der Waals surface area contributed by atoms with Gasteiger partial charge in [-0.1, -0.05) is 42.5 Å². The number of H-pyrrole nitrogens is 1. The van der Waals surface area contributed by atoms with Crippen molar-refractivity contribution in [3.05, 3.63) is 89.4 Å². The van der Waals surface area contributed by atoms with Crippen LogP contribution in [0, 0.1) is 13.8 Å². The zero-order valence-corrected chi connectivity index (χ0v) is 16.5. The molecule has 0 saturated carbocycles. The number of amides is 1. The van der Waals surface area contributed by atoms with Crippen LogP contribution in [0.2, 0.25) is 0 Å². The van der Waals surface area contributed by atoms with E-state index in [9.17, 15) is 4.79 Å². The topological polar surface area (TPSA) is 75.6 Å². The van der Waals surface area contributed by atoms with E-state index in [2.05, 4.69) is 50.9 Å². The number of nitrogens with one attached hydrogen (secondary N) is 2. The average molecular weight is 385 g/mol. The molecule has 0 spiro atoms. The van der Waals surface area contributed by atoms with Crippen LogP contribution < -0.4 is 5.32 Å². The molecule has 0 atom stereocenters. The van der Waals surface area contributed by atoms with Crippen LogP contribution in [0.3, 0.4) is 0 Å². The molecule has 6 heteroatoms. The highest BCUT2D eigenvalue weighted by molar-refractivity contribution is 5.99. The minimum Gasteiger partial charge on any atom is -0.352 e. The average Bonchev–Trinajstić information content (AvgIpc) is 3.35. The van der Waals surface area contributed by atoms with Crippen molar-refractivity contribution in [3.63, 3.8) is 0 Å². The molecule has 0 saturated heterocycles. The number of hydrogen-bond donors (Lipinski definition) is 2. The Labute approximate surface area is 169 Å². The molecule has 0 radical (unpaired) electrons. The summed E-state index contributed by atoms with van der Waals surface area (Å²) in [6, 6.07) is 20.0. The fraction of sp³-hybridized carbons (Fsp3) is 0.174. The van der Waals surface area contributed by atoms with Gasteiger partial charge >= 0.3 is 0 Å². The molecule has 2 heterocycles. The molecule has 0 aliphatic rings. The van der Waals surface area contributed by atoms with Gasteiger partial charge in [0.25, 0.3) is 5.91 Å². The maximum absolute atomic E-state index is 12.6. The van der Waals surface area contributed by atoms with Gasteiger partial charge in [-0.3, -0.25) is 9.89 Å². The van der Waals surface area contributed by atoms with Crippen molar-refractivity contribution in [2.75, 3.05) is 6.54 Å². The summed E-state index contributed by atoms with van der Waals surface area (Å²) in [7, 11) is 0. The maximum atomic E-state index is 12.6. The van der Waals surface area contributed by atoms with E-state index < -0.39 is 0 Å². The van der Waals surface area contributed by atoms with Crippen LogP contribution in [0.5, 0.6) is 0 Å². The predicted molar refractivity (Wildman–Crippen MR) is 113 cm³/mol. The van der Waals surface area contributed by atoms with E-state index in [1.54, 1.807) is 6.20 Å². The van der Waals surface area contributed by atoms with Gasteiger partial charge in [-0.2, -0.15) is 10.2 Å². The molecule has 4 rings (SSSR count). The van der Waals surface area contributed by atoms with Gasteiger partial charge in [0.15, 0.2) is 0 Å². The highest BCUT2D eigenvalue weighted by atomic mass is 16.1. The maximum Gasteiger partial charge on any atom is 0.255 e. The lowest BCUT2D eigenvalue weighted by Gasteiger charge is -2.08. The van der Waals surface area contributed by atoms with E-state index in [0.717, 1.165) is 40.3 Å². The van der Waals surface area contributed by atoms with Crippen LogP contribution in [0.4, 0.5) is 0 Å². The summed E-state index contributed by atoms with van der Waals surface area (Å²) in [4.78, 5) is 12.6. The zero-order chi connectivity index (χ0) is 20.2. The summed E-state index contributed by atoms with van der Waals surface area (Å²) in [6.45, 7) is 4.59. The second-order valence-corrected chi connectivity index (χ2v) is 7.04. The lowest BCUT2D eigenvalue weighted by Crippen LogP contribution is -2.25. The van der Waals surface area contributed by atoms with E-state index in [1.807, 2.05) is 48.9 Å². The van der Waals surface area contributed by atoms with Crippen molar-refractivity contribution >= 4 is 5.91 Å². The molecule has 2 aromatic heterocycles. The molecule has 2 N–H and O–H groups in total. The third kappa shape index (κ3) is 4.11. The SMILES string of the molecule is Cc1cc(C)n(-c2ccc(CCNC(=O)c3cn[nH]c3-c3ccccc3)cc2)n1. The van der Waals surface area contributed by atoms with E-state index in [-0.39, 0.29) is 5.91 Å². The summed E-state index contributed by atoms with van der Waals surface area (Å²) < 4.78 is 1.94. The van der Waals surface area contributed by atoms with E-state index in [1.165, 1.54) is 0 Å². The third-order valence-electron chi connectivity index (χ3n) is 4.84. The van der Waals surface area contributed by atoms with Gasteiger partial charge in [0.1, 0.15) is 0 Å². The first-order valence-corrected chi connectivity index (χ1v) is 9.61. The summed E-state index contributed by atoms with van der Waals surface area (Å²) in [5.41, 5.74) is 6.53. The summed E-state index contributed by atoms with van der Waals surface area (Å²) >= 11 is 0. The third-order valence-corrected chi connectivity index (χ3v) is 4.84. The fourth-order valence-electron chi connectivity index (χ4n) is 3.39. The second-order valence-electron chi connectivity index (χ2n) is 7.04. The molecule has 0 fully saturated rings. The Morgan fingerprint density at radius 1 is 1.07 bits per heavy atom.